The molecule has 0 bridgehead atoms. The lowest BCUT2D eigenvalue weighted by Crippen LogP contribution is -2.41. The molecule has 1 aliphatic rings. The van der Waals surface area contributed by atoms with E-state index in [-0.39, 0.29) is 6.29 Å². The first-order valence-corrected chi connectivity index (χ1v) is 4.11. The third kappa shape index (κ3) is 2.43. The van der Waals surface area contributed by atoms with Crippen LogP contribution in [0.1, 0.15) is 19.8 Å². The van der Waals surface area contributed by atoms with Crippen molar-refractivity contribution in [1.82, 2.24) is 5.32 Å². The molecule has 1 rings (SSSR count). The first-order chi connectivity index (χ1) is 5.26. The van der Waals surface area contributed by atoms with Gasteiger partial charge in [-0.05, 0) is 20.4 Å². The van der Waals surface area contributed by atoms with Crippen molar-refractivity contribution in [2.24, 2.45) is 0 Å². The van der Waals surface area contributed by atoms with Gasteiger partial charge in [-0.2, -0.15) is 0 Å². The van der Waals surface area contributed by atoms with E-state index in [1.165, 1.54) is 0 Å². The number of ether oxygens (including phenoxy) is 2. The minimum absolute atomic E-state index is 0.0174. The molecule has 3 atom stereocenters. The summed E-state index contributed by atoms with van der Waals surface area (Å²) in [5.41, 5.74) is 0. The van der Waals surface area contributed by atoms with Crippen molar-refractivity contribution in [2.75, 3.05) is 14.2 Å². The summed E-state index contributed by atoms with van der Waals surface area (Å²) in [6.45, 7) is 2.08. The van der Waals surface area contributed by atoms with Crippen LogP contribution in [0.3, 0.4) is 0 Å². The van der Waals surface area contributed by atoms with Gasteiger partial charge in [0.15, 0.2) is 6.29 Å². The molecule has 3 nitrogen and oxygen atoms in total. The number of hydrogen-bond donors (Lipinski definition) is 1. The Balaban J connectivity index is 2.37. The summed E-state index contributed by atoms with van der Waals surface area (Å²) in [6.07, 6.45) is 2.33. The van der Waals surface area contributed by atoms with Crippen molar-refractivity contribution >= 4 is 0 Å². The van der Waals surface area contributed by atoms with E-state index in [1.807, 2.05) is 7.05 Å². The van der Waals surface area contributed by atoms with Crippen molar-refractivity contribution in [3.8, 4) is 0 Å². The summed E-state index contributed by atoms with van der Waals surface area (Å²) in [5.74, 6) is 0. The normalized spacial score (nSPS) is 39.0. The van der Waals surface area contributed by atoms with E-state index in [1.54, 1.807) is 7.11 Å². The molecular weight excluding hydrogens is 142 g/mol. The molecule has 3 heteroatoms. The molecule has 1 saturated heterocycles. The van der Waals surface area contributed by atoms with Gasteiger partial charge in [0, 0.05) is 19.6 Å². The Bertz CT molecular complexity index is 107. The van der Waals surface area contributed by atoms with E-state index < -0.39 is 0 Å². The first-order valence-electron chi connectivity index (χ1n) is 4.11. The Hall–Kier alpha value is -0.120. The van der Waals surface area contributed by atoms with Gasteiger partial charge in [0.25, 0.3) is 0 Å². The van der Waals surface area contributed by atoms with Crippen molar-refractivity contribution < 1.29 is 9.47 Å². The molecule has 1 N–H and O–H groups in total. The molecule has 3 unspecified atom stereocenters. The van der Waals surface area contributed by atoms with Gasteiger partial charge in [-0.3, -0.25) is 0 Å². The number of methoxy groups -OCH3 is 1. The molecule has 0 amide bonds. The van der Waals surface area contributed by atoms with Crippen molar-refractivity contribution in [2.45, 2.75) is 38.2 Å². The van der Waals surface area contributed by atoms with Crippen LogP contribution in [0.25, 0.3) is 0 Å². The Kier molecular flexibility index (Phi) is 3.30. The minimum atomic E-state index is -0.0174. The highest BCUT2D eigenvalue weighted by Gasteiger charge is 2.25. The number of hydrogen-bond acceptors (Lipinski definition) is 3. The van der Waals surface area contributed by atoms with Crippen LogP contribution >= 0.6 is 0 Å². The Morgan fingerprint density at radius 3 is 2.73 bits per heavy atom. The molecule has 1 aliphatic heterocycles. The molecule has 1 heterocycles. The summed E-state index contributed by atoms with van der Waals surface area (Å²) in [4.78, 5) is 0. The van der Waals surface area contributed by atoms with E-state index in [4.69, 9.17) is 9.47 Å². The quantitative estimate of drug-likeness (QED) is 0.645. The summed E-state index contributed by atoms with van der Waals surface area (Å²) in [7, 11) is 3.67. The Labute approximate surface area is 68.1 Å². The highest BCUT2D eigenvalue weighted by Crippen LogP contribution is 2.19. The van der Waals surface area contributed by atoms with Gasteiger partial charge in [-0.1, -0.05) is 0 Å². The Morgan fingerprint density at radius 2 is 2.18 bits per heavy atom. The molecule has 1 fully saturated rings. The highest BCUT2D eigenvalue weighted by molar-refractivity contribution is 4.75. The van der Waals surface area contributed by atoms with E-state index >= 15 is 0 Å². The van der Waals surface area contributed by atoms with E-state index in [0.29, 0.717) is 12.1 Å². The largest absolute Gasteiger partial charge is 0.356 e. The fourth-order valence-corrected chi connectivity index (χ4v) is 1.49. The fraction of sp³-hybridized carbons (Fsp3) is 1.00. The van der Waals surface area contributed by atoms with Crippen LogP contribution in [0.5, 0.6) is 0 Å². The molecule has 0 aromatic heterocycles. The number of nitrogens with one attached hydrogen (secondary N) is 1. The monoisotopic (exact) mass is 159 g/mol. The average molecular weight is 159 g/mol. The van der Waals surface area contributed by atoms with Gasteiger partial charge in [-0.15, -0.1) is 0 Å². The molecule has 0 aliphatic carbocycles. The SMILES string of the molecule is CNC1CC(C)OC(OC)C1. The van der Waals surface area contributed by atoms with Crippen molar-refractivity contribution in [3.63, 3.8) is 0 Å². The zero-order valence-corrected chi connectivity index (χ0v) is 7.46. The fourth-order valence-electron chi connectivity index (χ4n) is 1.49. The molecule has 0 spiro atoms. The second-order valence-corrected chi connectivity index (χ2v) is 3.07. The van der Waals surface area contributed by atoms with Crippen molar-refractivity contribution in [3.05, 3.63) is 0 Å². The van der Waals surface area contributed by atoms with Gasteiger partial charge in [0.2, 0.25) is 0 Å². The maximum atomic E-state index is 5.51. The maximum absolute atomic E-state index is 5.51. The van der Waals surface area contributed by atoms with Crippen LogP contribution in [-0.4, -0.2) is 32.6 Å². The van der Waals surface area contributed by atoms with Crippen LogP contribution in [0.4, 0.5) is 0 Å². The minimum Gasteiger partial charge on any atom is -0.356 e. The lowest BCUT2D eigenvalue weighted by Gasteiger charge is -2.32. The second kappa shape index (κ2) is 4.04. The third-order valence-electron chi connectivity index (χ3n) is 2.15. The van der Waals surface area contributed by atoms with E-state index in [2.05, 4.69) is 12.2 Å². The zero-order valence-electron chi connectivity index (χ0n) is 7.46. The third-order valence-corrected chi connectivity index (χ3v) is 2.15. The van der Waals surface area contributed by atoms with Crippen LogP contribution < -0.4 is 5.32 Å². The lowest BCUT2D eigenvalue weighted by molar-refractivity contribution is -0.180. The lowest BCUT2D eigenvalue weighted by atomic mass is 10.0. The summed E-state index contributed by atoms with van der Waals surface area (Å²) < 4.78 is 10.6. The van der Waals surface area contributed by atoms with Gasteiger partial charge in [-0.25, -0.2) is 0 Å². The topological polar surface area (TPSA) is 30.5 Å². The summed E-state index contributed by atoms with van der Waals surface area (Å²) >= 11 is 0. The maximum Gasteiger partial charge on any atom is 0.159 e. The van der Waals surface area contributed by atoms with Crippen LogP contribution in [0.2, 0.25) is 0 Å². The Morgan fingerprint density at radius 1 is 1.45 bits per heavy atom. The van der Waals surface area contributed by atoms with Crippen LogP contribution in [0, 0.1) is 0 Å². The van der Waals surface area contributed by atoms with Gasteiger partial charge >= 0.3 is 0 Å². The first kappa shape index (κ1) is 8.97. The second-order valence-electron chi connectivity index (χ2n) is 3.07. The molecule has 0 aromatic carbocycles. The van der Waals surface area contributed by atoms with Crippen LogP contribution in [-0.2, 0) is 9.47 Å². The predicted molar refractivity (Wildman–Crippen MR) is 43.4 cm³/mol. The molecule has 0 radical (unpaired) electrons. The number of rotatable bonds is 2. The highest BCUT2D eigenvalue weighted by atomic mass is 16.7. The standard InChI is InChI=1S/C8H17NO2/c1-6-4-7(9-2)5-8(10-3)11-6/h6-9H,4-5H2,1-3H3. The summed E-state index contributed by atoms with van der Waals surface area (Å²) in [5, 5.41) is 3.24. The molecule has 0 saturated carbocycles. The van der Waals surface area contributed by atoms with E-state index in [9.17, 15) is 0 Å². The molecule has 0 aromatic rings. The molecular formula is C8H17NO2. The molecule has 66 valence electrons. The zero-order chi connectivity index (χ0) is 8.27. The van der Waals surface area contributed by atoms with E-state index in [0.717, 1.165) is 12.8 Å². The summed E-state index contributed by atoms with van der Waals surface area (Å²) in [6, 6.07) is 0.545. The molecule has 11 heavy (non-hydrogen) atoms. The van der Waals surface area contributed by atoms with Crippen molar-refractivity contribution in [1.29, 1.82) is 0 Å². The average Bonchev–Trinajstić information content (AvgIpc) is 2.03. The van der Waals surface area contributed by atoms with Gasteiger partial charge in [0.1, 0.15) is 0 Å². The van der Waals surface area contributed by atoms with Gasteiger partial charge < -0.3 is 14.8 Å². The smallest absolute Gasteiger partial charge is 0.159 e. The predicted octanol–water partition coefficient (Wildman–Crippen LogP) is 0.746. The van der Waals surface area contributed by atoms with Gasteiger partial charge in [0.05, 0.1) is 6.10 Å². The van der Waals surface area contributed by atoms with Crippen LogP contribution in [0.15, 0.2) is 0 Å².